The largest absolute Gasteiger partial charge is 0.365 e. The number of carbonyl (C=O) groups excluding carboxylic acids is 1. The van der Waals surface area contributed by atoms with Gasteiger partial charge < -0.3 is 14.2 Å². The zero-order valence-electron chi connectivity index (χ0n) is 13.6. The number of hydrogen-bond donors (Lipinski definition) is 0. The molecular weight excluding hydrogens is 341 g/mol. The molecule has 1 aliphatic heterocycles. The number of ether oxygens (including phenoxy) is 1. The van der Waals surface area contributed by atoms with Crippen molar-refractivity contribution < 1.29 is 18.4 Å². The minimum atomic E-state index is -0.564. The Morgan fingerprint density at radius 1 is 1.19 bits per heavy atom. The summed E-state index contributed by atoms with van der Waals surface area (Å²) in [5.74, 6) is 0.0990. The number of nitrogens with zero attached hydrogens (tertiary/aromatic N) is 5. The highest BCUT2D eigenvalue weighted by atomic mass is 19.1. The fourth-order valence-electron chi connectivity index (χ4n) is 2.66. The van der Waals surface area contributed by atoms with Gasteiger partial charge in [-0.15, -0.1) is 0 Å². The average molecular weight is 355 g/mol. The first-order valence-corrected chi connectivity index (χ1v) is 7.98. The van der Waals surface area contributed by atoms with Gasteiger partial charge in [0.2, 0.25) is 11.6 Å². The third-order valence-corrected chi connectivity index (χ3v) is 3.91. The molecule has 4 rings (SSSR count). The molecule has 1 amide bonds. The second-order valence-corrected chi connectivity index (χ2v) is 5.65. The number of benzene rings is 1. The Hall–Kier alpha value is -3.20. The SMILES string of the molecule is O=C(c1cccc(F)c1)N1CCO[C@@H](c2nc(-c3ncccn3)no2)C1. The molecule has 1 atom stereocenters. The van der Waals surface area contributed by atoms with Crippen molar-refractivity contribution in [3.05, 3.63) is 60.0 Å². The summed E-state index contributed by atoms with van der Waals surface area (Å²) in [4.78, 5) is 26.5. The van der Waals surface area contributed by atoms with Crippen LogP contribution in [0.2, 0.25) is 0 Å². The Balaban J connectivity index is 1.50. The van der Waals surface area contributed by atoms with Crippen molar-refractivity contribution in [2.45, 2.75) is 6.10 Å². The van der Waals surface area contributed by atoms with Gasteiger partial charge in [0.1, 0.15) is 5.82 Å². The van der Waals surface area contributed by atoms with E-state index < -0.39 is 11.9 Å². The maximum Gasteiger partial charge on any atom is 0.258 e. The zero-order valence-corrected chi connectivity index (χ0v) is 13.6. The van der Waals surface area contributed by atoms with Crippen LogP contribution in [0, 0.1) is 5.82 Å². The van der Waals surface area contributed by atoms with Gasteiger partial charge in [-0.05, 0) is 24.3 Å². The molecule has 1 aromatic carbocycles. The van der Waals surface area contributed by atoms with Gasteiger partial charge in [-0.3, -0.25) is 4.79 Å². The van der Waals surface area contributed by atoms with Gasteiger partial charge in [0.05, 0.1) is 13.2 Å². The van der Waals surface area contributed by atoms with E-state index >= 15 is 0 Å². The summed E-state index contributed by atoms with van der Waals surface area (Å²) in [7, 11) is 0. The van der Waals surface area contributed by atoms with Crippen molar-refractivity contribution >= 4 is 5.91 Å². The maximum atomic E-state index is 13.4. The molecule has 2 aromatic heterocycles. The fourth-order valence-corrected chi connectivity index (χ4v) is 2.66. The molecular formula is C17H14FN5O3. The van der Waals surface area contributed by atoms with E-state index in [1.54, 1.807) is 29.4 Å². The normalized spacial score (nSPS) is 17.3. The summed E-state index contributed by atoms with van der Waals surface area (Å²) in [5, 5.41) is 3.86. The topological polar surface area (TPSA) is 94.2 Å². The van der Waals surface area contributed by atoms with Crippen LogP contribution < -0.4 is 0 Å². The van der Waals surface area contributed by atoms with E-state index in [4.69, 9.17) is 9.26 Å². The molecule has 0 N–H and O–H groups in total. The van der Waals surface area contributed by atoms with Gasteiger partial charge in [0, 0.05) is 24.5 Å². The smallest absolute Gasteiger partial charge is 0.258 e. The number of rotatable bonds is 3. The standard InChI is InChI=1S/C17H14FN5O3/c18-12-4-1-3-11(9-12)17(24)23-7-8-25-13(10-23)16-21-15(22-26-16)14-19-5-2-6-20-14/h1-6,9,13H,7-8,10H2/t13-/m1/s1. The van der Waals surface area contributed by atoms with E-state index in [2.05, 4.69) is 20.1 Å². The molecule has 0 unspecified atom stereocenters. The number of amides is 1. The van der Waals surface area contributed by atoms with E-state index in [-0.39, 0.29) is 29.7 Å². The van der Waals surface area contributed by atoms with Crippen LogP contribution in [0.5, 0.6) is 0 Å². The van der Waals surface area contributed by atoms with Crippen molar-refractivity contribution in [3.63, 3.8) is 0 Å². The molecule has 132 valence electrons. The Labute approximate surface area is 147 Å². The van der Waals surface area contributed by atoms with E-state index in [0.717, 1.165) is 0 Å². The number of carbonyl (C=O) groups is 1. The molecule has 0 spiro atoms. The van der Waals surface area contributed by atoms with Crippen LogP contribution in [0.4, 0.5) is 4.39 Å². The van der Waals surface area contributed by atoms with Crippen LogP contribution >= 0.6 is 0 Å². The predicted octanol–water partition coefficient (Wildman–Crippen LogP) is 1.88. The first-order chi connectivity index (χ1) is 12.7. The van der Waals surface area contributed by atoms with Gasteiger partial charge in [-0.2, -0.15) is 4.98 Å². The van der Waals surface area contributed by atoms with E-state index in [1.807, 2.05) is 0 Å². The highest BCUT2D eigenvalue weighted by Gasteiger charge is 2.30. The second-order valence-electron chi connectivity index (χ2n) is 5.65. The lowest BCUT2D eigenvalue weighted by Gasteiger charge is -2.31. The molecule has 1 saturated heterocycles. The lowest BCUT2D eigenvalue weighted by Crippen LogP contribution is -2.42. The maximum absolute atomic E-state index is 13.4. The number of morpholine rings is 1. The van der Waals surface area contributed by atoms with Crippen LogP contribution in [-0.2, 0) is 4.74 Å². The molecule has 1 aliphatic rings. The number of halogens is 1. The van der Waals surface area contributed by atoms with Gasteiger partial charge in [0.15, 0.2) is 6.10 Å². The number of hydrogen-bond acceptors (Lipinski definition) is 7. The molecule has 0 aliphatic carbocycles. The molecule has 3 heterocycles. The quantitative estimate of drug-likeness (QED) is 0.708. The summed E-state index contributed by atoms with van der Waals surface area (Å²) >= 11 is 0. The first-order valence-electron chi connectivity index (χ1n) is 7.98. The Kier molecular flexibility index (Phi) is 4.36. The first kappa shape index (κ1) is 16.3. The van der Waals surface area contributed by atoms with Gasteiger partial charge in [-0.25, -0.2) is 14.4 Å². The molecule has 26 heavy (non-hydrogen) atoms. The molecule has 0 bridgehead atoms. The van der Waals surface area contributed by atoms with Crippen LogP contribution in [0.25, 0.3) is 11.6 Å². The molecule has 0 radical (unpaired) electrons. The van der Waals surface area contributed by atoms with Crippen LogP contribution in [0.3, 0.4) is 0 Å². The Morgan fingerprint density at radius 3 is 2.85 bits per heavy atom. The summed E-state index contributed by atoms with van der Waals surface area (Å²) in [6.45, 7) is 0.937. The van der Waals surface area contributed by atoms with E-state index in [9.17, 15) is 9.18 Å². The van der Waals surface area contributed by atoms with Crippen molar-refractivity contribution in [2.75, 3.05) is 19.7 Å². The zero-order chi connectivity index (χ0) is 17.9. The highest BCUT2D eigenvalue weighted by Crippen LogP contribution is 2.23. The van der Waals surface area contributed by atoms with E-state index in [1.165, 1.54) is 18.2 Å². The Bertz CT molecular complexity index is 918. The predicted molar refractivity (Wildman–Crippen MR) is 86.3 cm³/mol. The molecule has 3 aromatic rings. The third-order valence-electron chi connectivity index (χ3n) is 3.91. The van der Waals surface area contributed by atoms with Crippen molar-refractivity contribution in [2.24, 2.45) is 0 Å². The van der Waals surface area contributed by atoms with Crippen molar-refractivity contribution in [3.8, 4) is 11.6 Å². The van der Waals surface area contributed by atoms with Crippen molar-refractivity contribution in [1.82, 2.24) is 25.0 Å². The molecule has 8 nitrogen and oxygen atoms in total. The van der Waals surface area contributed by atoms with Gasteiger partial charge in [0.25, 0.3) is 11.8 Å². The van der Waals surface area contributed by atoms with Crippen LogP contribution in [0.1, 0.15) is 22.4 Å². The summed E-state index contributed by atoms with van der Waals surface area (Å²) in [6.07, 6.45) is 2.59. The fraction of sp³-hybridized carbons (Fsp3) is 0.235. The third kappa shape index (κ3) is 3.29. The Morgan fingerprint density at radius 2 is 2.04 bits per heavy atom. The number of aromatic nitrogens is 4. The lowest BCUT2D eigenvalue weighted by molar-refractivity contribution is -0.0367. The van der Waals surface area contributed by atoms with Crippen LogP contribution in [0.15, 0.2) is 47.2 Å². The second kappa shape index (κ2) is 6.96. The minimum Gasteiger partial charge on any atom is -0.365 e. The van der Waals surface area contributed by atoms with Gasteiger partial charge in [-0.1, -0.05) is 11.2 Å². The average Bonchev–Trinajstić information content (AvgIpc) is 3.18. The highest BCUT2D eigenvalue weighted by molar-refractivity contribution is 5.94. The molecule has 0 saturated carbocycles. The lowest BCUT2D eigenvalue weighted by atomic mass is 10.1. The van der Waals surface area contributed by atoms with Gasteiger partial charge >= 0.3 is 0 Å². The molecule has 1 fully saturated rings. The van der Waals surface area contributed by atoms with Crippen molar-refractivity contribution in [1.29, 1.82) is 0 Å². The molecule has 9 heteroatoms. The summed E-state index contributed by atoms with van der Waals surface area (Å²) in [6, 6.07) is 7.28. The summed E-state index contributed by atoms with van der Waals surface area (Å²) in [5.41, 5.74) is 0.287. The van der Waals surface area contributed by atoms with Crippen LogP contribution in [-0.4, -0.2) is 50.6 Å². The summed E-state index contributed by atoms with van der Waals surface area (Å²) < 4.78 is 24.3. The monoisotopic (exact) mass is 355 g/mol. The minimum absolute atomic E-state index is 0.229. The van der Waals surface area contributed by atoms with E-state index in [0.29, 0.717) is 19.0 Å².